The lowest BCUT2D eigenvalue weighted by Gasteiger charge is -2.43. The van der Waals surface area contributed by atoms with Gasteiger partial charge in [-0.15, -0.1) is 5.10 Å². The Bertz CT molecular complexity index is 927. The van der Waals surface area contributed by atoms with Gasteiger partial charge in [0.1, 0.15) is 5.82 Å². The fourth-order valence-electron chi connectivity index (χ4n) is 3.43. The summed E-state index contributed by atoms with van der Waals surface area (Å²) in [4.78, 5) is 6.40. The number of likely N-dealkylation sites (N-methyl/N-ethyl adjacent to an activating group) is 1. The number of hydrogen-bond acceptors (Lipinski definition) is 6. The maximum Gasteiger partial charge on any atom is 0.262 e. The number of nitrogens with zero attached hydrogens (tertiary/aromatic N) is 6. The summed E-state index contributed by atoms with van der Waals surface area (Å²) < 4.78 is 29.1. The maximum atomic E-state index is 12.9. The summed E-state index contributed by atoms with van der Waals surface area (Å²) in [5.41, 5.74) is 1.06. The third-order valence-electron chi connectivity index (χ3n) is 5.42. The van der Waals surface area contributed by atoms with Gasteiger partial charge in [0.15, 0.2) is 10.8 Å². The molecule has 0 bridgehead atoms. The molecule has 3 heterocycles. The largest absolute Gasteiger partial charge is 0.352 e. The summed E-state index contributed by atoms with van der Waals surface area (Å²) in [5, 5.41) is 8.72. The Morgan fingerprint density at radius 1 is 1.19 bits per heavy atom. The second-order valence-electron chi connectivity index (χ2n) is 7.87. The first-order valence-corrected chi connectivity index (χ1v) is 10.8. The van der Waals surface area contributed by atoms with Crippen LogP contribution in [0.3, 0.4) is 0 Å². The van der Waals surface area contributed by atoms with Crippen LogP contribution in [-0.4, -0.2) is 58.7 Å². The number of aryl methyl sites for hydroxylation is 1. The third-order valence-corrected chi connectivity index (χ3v) is 7.20. The Morgan fingerprint density at radius 2 is 1.89 bits per heavy atom. The molecule has 146 valence electrons. The number of anilines is 1. The summed E-state index contributed by atoms with van der Waals surface area (Å²) in [7, 11) is -0.153. The van der Waals surface area contributed by atoms with Crippen molar-refractivity contribution in [2.75, 3.05) is 25.0 Å². The van der Waals surface area contributed by atoms with Crippen LogP contribution in [-0.2, 0) is 17.1 Å². The molecule has 2 aromatic rings. The molecule has 1 saturated heterocycles. The minimum absolute atomic E-state index is 0.0931. The molecular formula is C18H26N6O2S. The molecule has 1 aliphatic carbocycles. The lowest BCUT2D eigenvalue weighted by molar-refractivity contribution is 0.308. The number of sulfonamides is 1. The summed E-state index contributed by atoms with van der Waals surface area (Å²) in [6.07, 6.45) is 4.00. The first-order valence-electron chi connectivity index (χ1n) is 9.37. The highest BCUT2D eigenvalue weighted by Crippen LogP contribution is 2.39. The molecule has 2 aromatic heterocycles. The summed E-state index contributed by atoms with van der Waals surface area (Å²) in [6, 6.07) is 3.93. The molecule has 0 radical (unpaired) electrons. The van der Waals surface area contributed by atoms with Gasteiger partial charge in [0.25, 0.3) is 10.0 Å². The Labute approximate surface area is 160 Å². The van der Waals surface area contributed by atoms with E-state index in [0.29, 0.717) is 19.0 Å². The molecule has 4 rings (SSSR count). The van der Waals surface area contributed by atoms with Crippen molar-refractivity contribution in [2.24, 2.45) is 7.05 Å². The molecule has 0 unspecified atom stereocenters. The average Bonchev–Trinajstić information content (AvgIpc) is 3.35. The molecule has 0 aromatic carbocycles. The highest BCUT2D eigenvalue weighted by Gasteiger charge is 2.38. The fraction of sp³-hybridized carbons (Fsp3) is 0.611. The van der Waals surface area contributed by atoms with E-state index in [4.69, 9.17) is 0 Å². The first kappa shape index (κ1) is 18.4. The van der Waals surface area contributed by atoms with Crippen LogP contribution < -0.4 is 4.90 Å². The smallest absolute Gasteiger partial charge is 0.262 e. The maximum absolute atomic E-state index is 12.9. The van der Waals surface area contributed by atoms with Crippen molar-refractivity contribution in [3.63, 3.8) is 0 Å². The van der Waals surface area contributed by atoms with Gasteiger partial charge in [-0.3, -0.25) is 0 Å². The van der Waals surface area contributed by atoms with Gasteiger partial charge < -0.3 is 9.47 Å². The molecule has 2 aliphatic rings. The summed E-state index contributed by atoms with van der Waals surface area (Å²) in [5.74, 6) is 2.33. The van der Waals surface area contributed by atoms with Crippen LogP contribution in [0, 0.1) is 0 Å². The third kappa shape index (κ3) is 3.34. The summed E-state index contributed by atoms with van der Waals surface area (Å²) >= 11 is 0. The molecule has 1 saturated carbocycles. The zero-order valence-corrected chi connectivity index (χ0v) is 17.0. The lowest BCUT2D eigenvalue weighted by atomic mass is 10.1. The molecule has 1 aliphatic heterocycles. The molecule has 0 N–H and O–H groups in total. The number of imidazole rings is 1. The average molecular weight is 391 g/mol. The van der Waals surface area contributed by atoms with Crippen molar-refractivity contribution < 1.29 is 8.42 Å². The normalized spacial score (nSPS) is 18.4. The van der Waals surface area contributed by atoms with Crippen LogP contribution in [0.5, 0.6) is 0 Å². The molecular weight excluding hydrogens is 364 g/mol. The molecule has 27 heavy (non-hydrogen) atoms. The monoisotopic (exact) mass is 390 g/mol. The minimum Gasteiger partial charge on any atom is -0.352 e. The van der Waals surface area contributed by atoms with E-state index in [9.17, 15) is 8.42 Å². The van der Waals surface area contributed by atoms with E-state index >= 15 is 0 Å². The Hall–Kier alpha value is -2.00. The minimum atomic E-state index is -3.61. The predicted octanol–water partition coefficient (Wildman–Crippen LogP) is 1.72. The number of rotatable bonds is 6. The Balaban J connectivity index is 1.43. The van der Waals surface area contributed by atoms with E-state index < -0.39 is 10.0 Å². The fourth-order valence-corrected chi connectivity index (χ4v) is 4.75. The number of hydrogen-bond donors (Lipinski definition) is 0. The van der Waals surface area contributed by atoms with Gasteiger partial charge >= 0.3 is 0 Å². The van der Waals surface area contributed by atoms with Crippen molar-refractivity contribution in [3.8, 4) is 0 Å². The van der Waals surface area contributed by atoms with Gasteiger partial charge in [0.05, 0.1) is 11.7 Å². The van der Waals surface area contributed by atoms with Crippen LogP contribution in [0.1, 0.15) is 50.0 Å². The highest BCUT2D eigenvalue weighted by atomic mass is 32.2. The van der Waals surface area contributed by atoms with Gasteiger partial charge in [-0.25, -0.2) is 13.4 Å². The van der Waals surface area contributed by atoms with E-state index in [1.165, 1.54) is 17.1 Å². The van der Waals surface area contributed by atoms with Crippen molar-refractivity contribution in [3.05, 3.63) is 29.8 Å². The molecule has 8 nitrogen and oxygen atoms in total. The van der Waals surface area contributed by atoms with E-state index in [2.05, 4.69) is 20.1 Å². The lowest BCUT2D eigenvalue weighted by Crippen LogP contribution is -2.60. The Kier molecular flexibility index (Phi) is 4.46. The van der Waals surface area contributed by atoms with Crippen molar-refractivity contribution >= 4 is 15.8 Å². The van der Waals surface area contributed by atoms with Crippen LogP contribution in [0.25, 0.3) is 0 Å². The topological polar surface area (TPSA) is 84.2 Å². The van der Waals surface area contributed by atoms with Crippen LogP contribution in [0.15, 0.2) is 23.4 Å². The van der Waals surface area contributed by atoms with E-state index in [1.807, 2.05) is 33.0 Å². The van der Waals surface area contributed by atoms with Crippen molar-refractivity contribution in [2.45, 2.75) is 49.6 Å². The zero-order chi connectivity index (χ0) is 19.3. The van der Waals surface area contributed by atoms with Gasteiger partial charge in [-0.2, -0.15) is 9.40 Å². The van der Waals surface area contributed by atoms with Crippen molar-refractivity contribution in [1.82, 2.24) is 24.1 Å². The first-order chi connectivity index (χ1) is 12.8. The number of aromatic nitrogens is 4. The molecule has 9 heteroatoms. The predicted molar refractivity (Wildman–Crippen MR) is 102 cm³/mol. The highest BCUT2D eigenvalue weighted by molar-refractivity contribution is 7.89. The summed E-state index contributed by atoms with van der Waals surface area (Å²) in [6.45, 7) is 5.22. The van der Waals surface area contributed by atoms with Gasteiger partial charge in [0.2, 0.25) is 0 Å². The second-order valence-corrected chi connectivity index (χ2v) is 9.82. The van der Waals surface area contributed by atoms with E-state index in [0.717, 1.165) is 17.3 Å². The van der Waals surface area contributed by atoms with Crippen LogP contribution in [0.4, 0.5) is 5.82 Å². The Morgan fingerprint density at radius 3 is 2.41 bits per heavy atom. The molecule has 0 amide bonds. The molecule has 0 spiro atoms. The van der Waals surface area contributed by atoms with E-state index in [-0.39, 0.29) is 17.0 Å². The van der Waals surface area contributed by atoms with Crippen LogP contribution >= 0.6 is 0 Å². The van der Waals surface area contributed by atoms with Gasteiger partial charge in [-0.05, 0) is 25.0 Å². The second kappa shape index (κ2) is 6.56. The zero-order valence-electron chi connectivity index (χ0n) is 16.2. The van der Waals surface area contributed by atoms with E-state index in [1.54, 1.807) is 17.8 Å². The quantitative estimate of drug-likeness (QED) is 0.747. The molecule has 2 fully saturated rings. The standard InChI is InChI=1S/C18H26N6O2S/c1-12(2)18-19-17(11-22(18)3)27(25,26)23(4)14-9-24(10-14)16-8-7-15(20-21-16)13-5-6-13/h7-8,11-14H,5-6,9-10H2,1-4H3. The molecule has 0 atom stereocenters. The van der Waals surface area contributed by atoms with Crippen molar-refractivity contribution in [1.29, 1.82) is 0 Å². The van der Waals surface area contributed by atoms with Gasteiger partial charge in [0, 0.05) is 45.2 Å². The van der Waals surface area contributed by atoms with Gasteiger partial charge in [-0.1, -0.05) is 13.8 Å². The SMILES string of the molecule is CC(C)c1nc(S(=O)(=O)N(C)C2CN(c3ccc(C4CC4)nn3)C2)cn1C. The van der Waals surface area contributed by atoms with Crippen LogP contribution in [0.2, 0.25) is 0 Å².